The fourth-order valence-electron chi connectivity index (χ4n) is 7.34. The third kappa shape index (κ3) is 4.39. The average Bonchev–Trinajstić information content (AvgIpc) is 3.92. The van der Waals surface area contributed by atoms with E-state index in [1.54, 1.807) is 0 Å². The molecule has 24 heteroatoms. The van der Waals surface area contributed by atoms with Gasteiger partial charge in [0.25, 0.3) is 0 Å². The lowest BCUT2D eigenvalue weighted by atomic mass is 9.91. The van der Waals surface area contributed by atoms with E-state index in [2.05, 4.69) is 41.9 Å². The third-order valence-electron chi connectivity index (χ3n) is 9.77. The lowest BCUT2D eigenvalue weighted by Gasteiger charge is -2.25. The summed E-state index contributed by atoms with van der Waals surface area (Å²) >= 11 is 0. The van der Waals surface area contributed by atoms with Crippen LogP contribution in [-0.2, 0) is 0 Å². The van der Waals surface area contributed by atoms with Crippen molar-refractivity contribution in [1.82, 2.24) is 20.6 Å². The molecule has 3 aliphatic heterocycles. The van der Waals surface area contributed by atoms with E-state index in [9.17, 15) is 35.1 Å². The zero-order chi connectivity index (χ0) is 40.1. The van der Waals surface area contributed by atoms with Gasteiger partial charge in [-0.1, -0.05) is 0 Å². The van der Waals surface area contributed by atoms with Crippen molar-refractivity contribution in [2.45, 2.75) is 12.3 Å². The van der Waals surface area contributed by atoms with Crippen LogP contribution >= 0.6 is 0 Å². The molecule has 8 N–H and O–H groups in total. The maximum Gasteiger partial charge on any atom is 0.198 e. The molecule has 0 spiro atoms. The molecule has 56 heavy (non-hydrogen) atoms. The van der Waals surface area contributed by atoms with Crippen molar-refractivity contribution in [3.05, 3.63) is 116 Å². The molecule has 292 valence electrons. The average molecular weight is 812 g/mol. The molecule has 5 heterocycles. The highest BCUT2D eigenvalue weighted by Crippen LogP contribution is 2.51. The number of allylic oxidation sites excluding steroid dienone is 6. The molecule has 8 nitrogen and oxygen atoms in total. The van der Waals surface area contributed by atoms with E-state index < -0.39 is 185 Å². The Morgan fingerprint density at radius 3 is 0.946 bits per heavy atom. The van der Waals surface area contributed by atoms with Gasteiger partial charge in [-0.2, -0.15) is 0 Å². The lowest BCUT2D eigenvalue weighted by molar-refractivity contribution is 0.380. The van der Waals surface area contributed by atoms with Gasteiger partial charge in [-0.25, -0.2) is 70.2 Å². The summed E-state index contributed by atoms with van der Waals surface area (Å²) in [5, 5.41) is 8.17. The highest BCUT2D eigenvalue weighted by Gasteiger charge is 2.50. The Labute approximate surface area is 297 Å². The predicted molar refractivity (Wildman–Crippen MR) is 163 cm³/mol. The number of fused-ring (bicyclic) bond motifs is 18. The number of halogens is 16. The Bertz CT molecular complexity index is 2570. The number of H-pyrrole nitrogens is 2. The van der Waals surface area contributed by atoms with Gasteiger partial charge in [0.05, 0.1) is 33.4 Å². The van der Waals surface area contributed by atoms with Crippen molar-refractivity contribution in [2.75, 3.05) is 21.3 Å². The lowest BCUT2D eigenvalue weighted by Crippen LogP contribution is -2.39. The first-order valence-electron chi connectivity index (χ1n) is 15.5. The Balaban J connectivity index is 1.35. The molecule has 0 amide bonds. The van der Waals surface area contributed by atoms with Crippen LogP contribution in [0.3, 0.4) is 0 Å². The minimum Gasteiger partial charge on any atom is -0.350 e. The van der Waals surface area contributed by atoms with Gasteiger partial charge in [-0.05, 0) is 0 Å². The molecule has 5 aliphatic rings. The molecular weight excluding hydrogens is 800 g/mol. The molecule has 0 radical (unpaired) electrons. The van der Waals surface area contributed by atoms with Crippen LogP contribution in [0, 0.1) is 58.4 Å². The number of hydrogen-bond acceptors (Lipinski definition) is 6. The van der Waals surface area contributed by atoms with Gasteiger partial charge in [0.2, 0.25) is 0 Å². The highest BCUT2D eigenvalue weighted by atomic mass is 19.2. The van der Waals surface area contributed by atoms with E-state index in [1.807, 2.05) is 0 Å². The predicted octanol–water partition coefficient (Wildman–Crippen LogP) is 9.27. The number of benzene rings is 2. The topological polar surface area (TPSA) is 104 Å². The van der Waals surface area contributed by atoms with Crippen LogP contribution in [0.25, 0.3) is 21.5 Å². The minimum absolute atomic E-state index is 0.987. The van der Waals surface area contributed by atoms with E-state index in [4.69, 9.17) is 0 Å². The molecule has 4 unspecified atom stereocenters. The first-order valence-corrected chi connectivity index (χ1v) is 15.5. The summed E-state index contributed by atoms with van der Waals surface area (Å²) in [6.07, 6.45) is -4.24. The highest BCUT2D eigenvalue weighted by molar-refractivity contribution is 6.04. The quantitative estimate of drug-likeness (QED) is 0.0512. The molecule has 8 bridgehead atoms. The van der Waals surface area contributed by atoms with Crippen LogP contribution in [-0.4, -0.2) is 22.3 Å². The standard InChI is InChI=1S/C32H12F16N8/c33-9-1-2(10(34)18(42)17(9)41)26-49-25(1)53-27-3-4(12(36)20(44)19(43)11(3)35)29(50-27)55-31-7-8(16(40)24(48)23(47)15(7)39)32(52-31)56-30-6-5(28(51-30)54-26)13(37)21(45)22(46)14(6)38/h1,7,25,31,49-56H. The third-order valence-corrected chi connectivity index (χ3v) is 9.77. The van der Waals surface area contributed by atoms with E-state index >= 15 is 35.1 Å². The Kier molecular flexibility index (Phi) is 7.31. The summed E-state index contributed by atoms with van der Waals surface area (Å²) in [5.74, 6) is -47.3. The summed E-state index contributed by atoms with van der Waals surface area (Å²) in [6.45, 7) is 0. The van der Waals surface area contributed by atoms with Crippen molar-refractivity contribution in [3.8, 4) is 0 Å². The summed E-state index contributed by atoms with van der Waals surface area (Å²) in [6, 6.07) is 0. The van der Waals surface area contributed by atoms with Gasteiger partial charge in [-0.15, -0.1) is 0 Å². The smallest absolute Gasteiger partial charge is 0.198 e. The van der Waals surface area contributed by atoms with Gasteiger partial charge in [-0.3, -0.25) is 0 Å². The first-order chi connectivity index (χ1) is 26.4. The van der Waals surface area contributed by atoms with Crippen molar-refractivity contribution in [1.29, 1.82) is 0 Å². The minimum atomic E-state index is -2.45. The fraction of sp³-hybridized carbons (Fsp3) is 0.125. The van der Waals surface area contributed by atoms with Crippen LogP contribution in [0.2, 0.25) is 0 Å². The number of anilines is 4. The number of rotatable bonds is 0. The second kappa shape index (κ2) is 11.6. The van der Waals surface area contributed by atoms with Crippen molar-refractivity contribution >= 4 is 44.8 Å². The van der Waals surface area contributed by atoms with Crippen LogP contribution in [0.1, 0.15) is 0 Å². The van der Waals surface area contributed by atoms with E-state index in [1.165, 1.54) is 0 Å². The molecule has 2 aromatic heterocycles. The second-order valence-electron chi connectivity index (χ2n) is 12.7. The van der Waals surface area contributed by atoms with Crippen LogP contribution in [0.15, 0.2) is 69.4 Å². The molecular formula is C32H12F16N8. The summed E-state index contributed by atoms with van der Waals surface area (Å²) < 4.78 is 241. The molecule has 4 aromatic rings. The van der Waals surface area contributed by atoms with Crippen molar-refractivity contribution < 1.29 is 70.2 Å². The summed E-state index contributed by atoms with van der Waals surface area (Å²) in [5.41, 5.74) is -2.38. The molecule has 2 aliphatic carbocycles. The number of aromatic nitrogens is 2. The molecule has 2 aromatic carbocycles. The number of aromatic amines is 2. The molecule has 0 saturated carbocycles. The summed E-state index contributed by atoms with van der Waals surface area (Å²) in [4.78, 5) is 4.38. The summed E-state index contributed by atoms with van der Waals surface area (Å²) in [7, 11) is 0. The molecule has 0 saturated heterocycles. The van der Waals surface area contributed by atoms with Crippen molar-refractivity contribution in [2.24, 2.45) is 11.8 Å². The zero-order valence-corrected chi connectivity index (χ0v) is 26.4. The molecule has 0 fully saturated rings. The van der Waals surface area contributed by atoms with Gasteiger partial charge in [0.15, 0.2) is 93.2 Å². The fourth-order valence-corrected chi connectivity index (χ4v) is 7.34. The zero-order valence-electron chi connectivity index (χ0n) is 26.4. The van der Waals surface area contributed by atoms with Gasteiger partial charge in [0.1, 0.15) is 47.2 Å². The van der Waals surface area contributed by atoms with Gasteiger partial charge >= 0.3 is 0 Å². The monoisotopic (exact) mass is 812 g/mol. The number of nitrogens with one attached hydrogen (secondary N) is 8. The van der Waals surface area contributed by atoms with E-state index in [0.29, 0.717) is 0 Å². The van der Waals surface area contributed by atoms with Gasteiger partial charge < -0.3 is 41.9 Å². The normalized spacial score (nSPS) is 23.4. The van der Waals surface area contributed by atoms with E-state index in [-0.39, 0.29) is 0 Å². The largest absolute Gasteiger partial charge is 0.350 e. The van der Waals surface area contributed by atoms with Gasteiger partial charge in [0, 0.05) is 11.1 Å². The second-order valence-corrected chi connectivity index (χ2v) is 12.7. The Hall–Kier alpha value is -6.36. The maximum atomic E-state index is 15.5. The van der Waals surface area contributed by atoms with Crippen LogP contribution in [0.4, 0.5) is 93.5 Å². The Morgan fingerprint density at radius 1 is 0.304 bits per heavy atom. The molecule has 9 rings (SSSR count). The molecule has 4 atom stereocenters. The SMILES string of the molecule is FC1=C(F)C2=C3Nc4[nH]c(c5c(F)c(F)c(F)c(F)c45)NC4=C5C(F)=C(F)C(F)=C(F)C5C(N4)Nc4[nH]c(c5c(F)c(F)c(F)c(F)c45)NC(N3)C2C(F)=C1F. The number of hydrogen-bond donors (Lipinski definition) is 8. The van der Waals surface area contributed by atoms with Crippen LogP contribution in [0.5, 0.6) is 0 Å². The first kappa shape index (κ1) is 35.3. The van der Waals surface area contributed by atoms with Crippen LogP contribution < -0.4 is 31.9 Å². The maximum absolute atomic E-state index is 15.5. The van der Waals surface area contributed by atoms with E-state index in [0.717, 1.165) is 0 Å². The van der Waals surface area contributed by atoms with Crippen molar-refractivity contribution in [3.63, 3.8) is 0 Å². The Morgan fingerprint density at radius 2 is 0.607 bits per heavy atom.